The van der Waals surface area contributed by atoms with Gasteiger partial charge in [-0.1, -0.05) is 31.2 Å². The van der Waals surface area contributed by atoms with Crippen molar-refractivity contribution in [2.45, 2.75) is 20.5 Å². The SMILES string of the molecule is C/C=C/[C@H](C)COCc1ccc(OC)cc1. The van der Waals surface area contributed by atoms with Gasteiger partial charge in [-0.25, -0.2) is 0 Å². The molecule has 88 valence electrons. The molecule has 0 aliphatic rings. The van der Waals surface area contributed by atoms with Crippen molar-refractivity contribution in [1.82, 2.24) is 0 Å². The summed E-state index contributed by atoms with van der Waals surface area (Å²) in [5.74, 6) is 1.36. The number of benzene rings is 1. The third-order valence-corrected chi connectivity index (χ3v) is 2.33. The van der Waals surface area contributed by atoms with Crippen LogP contribution in [0.2, 0.25) is 0 Å². The molecule has 2 heteroatoms. The number of allylic oxidation sites excluding steroid dienone is 1. The molecule has 0 fully saturated rings. The molecule has 0 heterocycles. The minimum absolute atomic E-state index is 0.475. The first-order valence-electron chi connectivity index (χ1n) is 5.59. The van der Waals surface area contributed by atoms with Crippen LogP contribution in [0.5, 0.6) is 5.75 Å². The zero-order valence-corrected chi connectivity index (χ0v) is 10.3. The molecule has 0 aliphatic carbocycles. The average molecular weight is 220 g/mol. The number of ether oxygens (including phenoxy) is 2. The van der Waals surface area contributed by atoms with Crippen LogP contribution < -0.4 is 4.74 Å². The summed E-state index contributed by atoms with van der Waals surface area (Å²) in [6.07, 6.45) is 4.20. The van der Waals surface area contributed by atoms with Gasteiger partial charge in [0, 0.05) is 0 Å². The van der Waals surface area contributed by atoms with Crippen LogP contribution in [0.1, 0.15) is 19.4 Å². The molecule has 16 heavy (non-hydrogen) atoms. The first-order valence-corrected chi connectivity index (χ1v) is 5.59. The predicted molar refractivity (Wildman–Crippen MR) is 66.6 cm³/mol. The van der Waals surface area contributed by atoms with E-state index in [1.807, 2.05) is 31.2 Å². The van der Waals surface area contributed by atoms with E-state index in [1.54, 1.807) is 7.11 Å². The molecular formula is C14H20O2. The van der Waals surface area contributed by atoms with Crippen molar-refractivity contribution in [2.24, 2.45) is 5.92 Å². The Bertz CT molecular complexity index is 314. The quantitative estimate of drug-likeness (QED) is 0.684. The Kier molecular flexibility index (Phi) is 5.65. The Morgan fingerprint density at radius 3 is 2.50 bits per heavy atom. The standard InChI is InChI=1S/C14H20O2/c1-4-5-12(2)10-16-11-13-6-8-14(15-3)9-7-13/h4-9,12H,10-11H2,1-3H3/b5-4+/t12-/m0/s1. The van der Waals surface area contributed by atoms with Gasteiger partial charge in [0.1, 0.15) is 5.75 Å². The molecule has 0 aliphatic heterocycles. The van der Waals surface area contributed by atoms with E-state index in [0.717, 1.165) is 12.4 Å². The molecule has 1 aromatic carbocycles. The normalized spacial score (nSPS) is 12.9. The highest BCUT2D eigenvalue weighted by molar-refractivity contribution is 5.26. The van der Waals surface area contributed by atoms with Crippen LogP contribution in [0, 0.1) is 5.92 Å². The summed E-state index contributed by atoms with van der Waals surface area (Å²) in [7, 11) is 1.67. The summed E-state index contributed by atoms with van der Waals surface area (Å²) >= 11 is 0. The average Bonchev–Trinajstić information content (AvgIpc) is 2.30. The summed E-state index contributed by atoms with van der Waals surface area (Å²) in [4.78, 5) is 0. The topological polar surface area (TPSA) is 18.5 Å². The van der Waals surface area contributed by atoms with Gasteiger partial charge >= 0.3 is 0 Å². The highest BCUT2D eigenvalue weighted by atomic mass is 16.5. The van der Waals surface area contributed by atoms with Crippen LogP contribution >= 0.6 is 0 Å². The second kappa shape index (κ2) is 7.07. The number of hydrogen-bond donors (Lipinski definition) is 0. The molecule has 2 nitrogen and oxygen atoms in total. The second-order valence-electron chi connectivity index (χ2n) is 3.87. The Hall–Kier alpha value is -1.28. The lowest BCUT2D eigenvalue weighted by Gasteiger charge is -2.08. The molecule has 0 amide bonds. The maximum atomic E-state index is 5.62. The fourth-order valence-electron chi connectivity index (χ4n) is 1.47. The first kappa shape index (κ1) is 12.8. The fraction of sp³-hybridized carbons (Fsp3) is 0.429. The van der Waals surface area contributed by atoms with E-state index in [2.05, 4.69) is 19.1 Å². The highest BCUT2D eigenvalue weighted by Gasteiger charge is 1.98. The predicted octanol–water partition coefficient (Wildman–Crippen LogP) is 3.42. The van der Waals surface area contributed by atoms with E-state index in [-0.39, 0.29) is 0 Å². The van der Waals surface area contributed by atoms with Gasteiger partial charge in [-0.05, 0) is 30.5 Å². The molecule has 0 aromatic heterocycles. The lowest BCUT2D eigenvalue weighted by Crippen LogP contribution is -2.03. The largest absolute Gasteiger partial charge is 0.497 e. The Labute approximate surface area is 97.9 Å². The van der Waals surface area contributed by atoms with Gasteiger partial charge in [-0.2, -0.15) is 0 Å². The van der Waals surface area contributed by atoms with Crippen molar-refractivity contribution in [3.63, 3.8) is 0 Å². The van der Waals surface area contributed by atoms with E-state index >= 15 is 0 Å². The number of hydrogen-bond acceptors (Lipinski definition) is 2. The van der Waals surface area contributed by atoms with Gasteiger partial charge < -0.3 is 9.47 Å². The maximum Gasteiger partial charge on any atom is 0.118 e. The molecule has 0 bridgehead atoms. The monoisotopic (exact) mass is 220 g/mol. The lowest BCUT2D eigenvalue weighted by molar-refractivity contribution is 0.104. The summed E-state index contributed by atoms with van der Waals surface area (Å²) < 4.78 is 10.7. The van der Waals surface area contributed by atoms with Crippen molar-refractivity contribution in [3.05, 3.63) is 42.0 Å². The van der Waals surface area contributed by atoms with Crippen molar-refractivity contribution in [2.75, 3.05) is 13.7 Å². The van der Waals surface area contributed by atoms with Crippen LogP contribution in [0.4, 0.5) is 0 Å². The summed E-state index contributed by atoms with van der Waals surface area (Å²) in [6, 6.07) is 7.96. The molecule has 0 spiro atoms. The van der Waals surface area contributed by atoms with Gasteiger partial charge in [0.2, 0.25) is 0 Å². The van der Waals surface area contributed by atoms with E-state index in [4.69, 9.17) is 9.47 Å². The molecule has 1 aromatic rings. The van der Waals surface area contributed by atoms with Crippen LogP contribution in [0.3, 0.4) is 0 Å². The smallest absolute Gasteiger partial charge is 0.118 e. The van der Waals surface area contributed by atoms with Gasteiger partial charge in [-0.3, -0.25) is 0 Å². The number of methoxy groups -OCH3 is 1. The van der Waals surface area contributed by atoms with Gasteiger partial charge in [-0.15, -0.1) is 0 Å². The van der Waals surface area contributed by atoms with Gasteiger partial charge in [0.15, 0.2) is 0 Å². The Morgan fingerprint density at radius 2 is 1.94 bits per heavy atom. The molecule has 0 radical (unpaired) electrons. The molecule has 0 saturated heterocycles. The third-order valence-electron chi connectivity index (χ3n) is 2.33. The molecule has 0 saturated carbocycles. The minimum atomic E-state index is 0.475. The number of rotatable bonds is 6. The van der Waals surface area contributed by atoms with Gasteiger partial charge in [0.25, 0.3) is 0 Å². The second-order valence-corrected chi connectivity index (χ2v) is 3.87. The van der Waals surface area contributed by atoms with Crippen LogP contribution in [-0.4, -0.2) is 13.7 Å². The summed E-state index contributed by atoms with van der Waals surface area (Å²) in [5.41, 5.74) is 1.17. The van der Waals surface area contributed by atoms with Crippen molar-refractivity contribution in [1.29, 1.82) is 0 Å². The Morgan fingerprint density at radius 1 is 1.25 bits per heavy atom. The molecule has 1 atom stereocenters. The van der Waals surface area contributed by atoms with E-state index in [1.165, 1.54) is 5.56 Å². The molecule has 0 N–H and O–H groups in total. The zero-order chi connectivity index (χ0) is 11.8. The maximum absolute atomic E-state index is 5.62. The molecule has 0 unspecified atom stereocenters. The first-order chi connectivity index (χ1) is 7.76. The summed E-state index contributed by atoms with van der Waals surface area (Å²) in [5, 5.41) is 0. The minimum Gasteiger partial charge on any atom is -0.497 e. The summed E-state index contributed by atoms with van der Waals surface area (Å²) in [6.45, 7) is 5.59. The van der Waals surface area contributed by atoms with Gasteiger partial charge in [0.05, 0.1) is 20.3 Å². The van der Waals surface area contributed by atoms with Crippen molar-refractivity contribution < 1.29 is 9.47 Å². The van der Waals surface area contributed by atoms with Crippen LogP contribution in [0.15, 0.2) is 36.4 Å². The molecule has 1 rings (SSSR count). The van der Waals surface area contributed by atoms with E-state index < -0.39 is 0 Å². The van der Waals surface area contributed by atoms with E-state index in [0.29, 0.717) is 12.5 Å². The zero-order valence-electron chi connectivity index (χ0n) is 10.3. The highest BCUT2D eigenvalue weighted by Crippen LogP contribution is 2.12. The third kappa shape index (κ3) is 4.49. The fourth-order valence-corrected chi connectivity index (χ4v) is 1.47. The van der Waals surface area contributed by atoms with Crippen LogP contribution in [-0.2, 0) is 11.3 Å². The molecular weight excluding hydrogens is 200 g/mol. The van der Waals surface area contributed by atoms with E-state index in [9.17, 15) is 0 Å². The van der Waals surface area contributed by atoms with Crippen molar-refractivity contribution >= 4 is 0 Å². The Balaban J connectivity index is 2.31. The van der Waals surface area contributed by atoms with Crippen LogP contribution in [0.25, 0.3) is 0 Å². The van der Waals surface area contributed by atoms with Crippen molar-refractivity contribution in [3.8, 4) is 5.75 Å². The lowest BCUT2D eigenvalue weighted by atomic mass is 10.2.